The van der Waals surface area contributed by atoms with Crippen molar-refractivity contribution in [3.8, 4) is 5.75 Å². The van der Waals surface area contributed by atoms with Crippen LogP contribution in [0.2, 0.25) is 0 Å². The number of hydrogen-bond donors (Lipinski definition) is 0. The van der Waals surface area contributed by atoms with Gasteiger partial charge in [-0.05, 0) is 47.6 Å². The molecule has 2 aromatic rings. The molecule has 2 aromatic carbocycles. The first-order valence-electron chi connectivity index (χ1n) is 8.54. The van der Waals surface area contributed by atoms with Crippen LogP contribution in [0.25, 0.3) is 0 Å². The SMILES string of the molecule is CCc1ccc(COc2ccc(CC(CC)CC)cc2)cc1. The lowest BCUT2D eigenvalue weighted by molar-refractivity contribution is 0.306. The van der Waals surface area contributed by atoms with Crippen molar-refractivity contribution in [3.05, 3.63) is 65.2 Å². The molecule has 0 unspecified atom stereocenters. The molecule has 1 heteroatoms. The van der Waals surface area contributed by atoms with Gasteiger partial charge in [0.15, 0.2) is 0 Å². The molecule has 0 bridgehead atoms. The Balaban J connectivity index is 1.87. The summed E-state index contributed by atoms with van der Waals surface area (Å²) in [5, 5.41) is 0. The molecule has 0 saturated heterocycles. The number of hydrogen-bond acceptors (Lipinski definition) is 1. The van der Waals surface area contributed by atoms with Crippen molar-refractivity contribution in [3.63, 3.8) is 0 Å². The first-order chi connectivity index (χ1) is 10.7. The fourth-order valence-corrected chi connectivity index (χ4v) is 2.67. The third kappa shape index (κ3) is 4.91. The molecule has 0 amide bonds. The Bertz CT molecular complexity index is 535. The topological polar surface area (TPSA) is 9.23 Å². The van der Waals surface area contributed by atoms with Crippen molar-refractivity contribution in [2.75, 3.05) is 0 Å². The molecule has 0 radical (unpaired) electrons. The predicted octanol–water partition coefficient (Wildman–Crippen LogP) is 5.81. The van der Waals surface area contributed by atoms with Crippen LogP contribution >= 0.6 is 0 Å². The van der Waals surface area contributed by atoms with Crippen molar-refractivity contribution in [1.29, 1.82) is 0 Å². The zero-order valence-electron chi connectivity index (χ0n) is 14.1. The molecular formula is C21H28O. The van der Waals surface area contributed by atoms with E-state index < -0.39 is 0 Å². The van der Waals surface area contributed by atoms with E-state index in [0.29, 0.717) is 6.61 Å². The van der Waals surface area contributed by atoms with Gasteiger partial charge in [0.25, 0.3) is 0 Å². The summed E-state index contributed by atoms with van der Waals surface area (Å²) in [6.07, 6.45) is 4.76. The predicted molar refractivity (Wildman–Crippen MR) is 94.4 cm³/mol. The third-order valence-electron chi connectivity index (χ3n) is 4.44. The molecule has 0 atom stereocenters. The minimum atomic E-state index is 0.635. The molecule has 0 N–H and O–H groups in total. The maximum Gasteiger partial charge on any atom is 0.119 e. The molecule has 118 valence electrons. The molecule has 0 aromatic heterocycles. The zero-order valence-corrected chi connectivity index (χ0v) is 14.1. The smallest absolute Gasteiger partial charge is 0.119 e. The van der Waals surface area contributed by atoms with Crippen molar-refractivity contribution >= 4 is 0 Å². The molecule has 0 aliphatic rings. The van der Waals surface area contributed by atoms with Crippen LogP contribution in [0.5, 0.6) is 5.75 Å². The van der Waals surface area contributed by atoms with E-state index in [1.165, 1.54) is 36.0 Å². The number of rotatable bonds is 8. The van der Waals surface area contributed by atoms with Crippen molar-refractivity contribution in [2.24, 2.45) is 5.92 Å². The summed E-state index contributed by atoms with van der Waals surface area (Å²) in [4.78, 5) is 0. The number of aryl methyl sites for hydroxylation is 1. The molecule has 0 spiro atoms. The van der Waals surface area contributed by atoms with E-state index in [2.05, 4.69) is 69.3 Å². The normalized spacial score (nSPS) is 10.9. The van der Waals surface area contributed by atoms with Crippen molar-refractivity contribution in [1.82, 2.24) is 0 Å². The fraction of sp³-hybridized carbons (Fsp3) is 0.429. The average molecular weight is 296 g/mol. The molecule has 0 aliphatic carbocycles. The van der Waals surface area contributed by atoms with Crippen LogP contribution in [-0.2, 0) is 19.4 Å². The summed E-state index contributed by atoms with van der Waals surface area (Å²) in [7, 11) is 0. The van der Waals surface area contributed by atoms with E-state index in [0.717, 1.165) is 18.1 Å². The van der Waals surface area contributed by atoms with Gasteiger partial charge in [0.05, 0.1) is 0 Å². The number of ether oxygens (including phenoxy) is 1. The Hall–Kier alpha value is -1.76. The highest BCUT2D eigenvalue weighted by Crippen LogP contribution is 2.19. The van der Waals surface area contributed by atoms with E-state index in [9.17, 15) is 0 Å². The van der Waals surface area contributed by atoms with Crippen LogP contribution in [0.1, 0.15) is 50.3 Å². The van der Waals surface area contributed by atoms with Crippen LogP contribution in [0.3, 0.4) is 0 Å². The highest BCUT2D eigenvalue weighted by Gasteiger charge is 2.05. The van der Waals surface area contributed by atoms with Gasteiger partial charge in [-0.15, -0.1) is 0 Å². The summed E-state index contributed by atoms with van der Waals surface area (Å²) in [6.45, 7) is 7.36. The van der Waals surface area contributed by atoms with Gasteiger partial charge in [-0.2, -0.15) is 0 Å². The molecule has 0 fully saturated rings. The summed E-state index contributed by atoms with van der Waals surface area (Å²) in [5.41, 5.74) is 4.00. The van der Waals surface area contributed by atoms with Crippen LogP contribution in [-0.4, -0.2) is 0 Å². The first-order valence-corrected chi connectivity index (χ1v) is 8.54. The van der Waals surface area contributed by atoms with Gasteiger partial charge in [0, 0.05) is 0 Å². The average Bonchev–Trinajstić information content (AvgIpc) is 2.59. The van der Waals surface area contributed by atoms with E-state index in [-0.39, 0.29) is 0 Å². The largest absolute Gasteiger partial charge is 0.489 e. The van der Waals surface area contributed by atoms with E-state index >= 15 is 0 Å². The maximum absolute atomic E-state index is 5.88. The molecule has 0 heterocycles. The van der Waals surface area contributed by atoms with Gasteiger partial charge in [0.2, 0.25) is 0 Å². The van der Waals surface area contributed by atoms with E-state index in [4.69, 9.17) is 4.74 Å². The molecule has 0 aliphatic heterocycles. The molecule has 0 saturated carbocycles. The van der Waals surface area contributed by atoms with Gasteiger partial charge >= 0.3 is 0 Å². The van der Waals surface area contributed by atoms with Gasteiger partial charge in [-0.25, -0.2) is 0 Å². The minimum Gasteiger partial charge on any atom is -0.489 e. The summed E-state index contributed by atoms with van der Waals surface area (Å²) < 4.78 is 5.88. The summed E-state index contributed by atoms with van der Waals surface area (Å²) in [6, 6.07) is 17.3. The summed E-state index contributed by atoms with van der Waals surface area (Å²) in [5.74, 6) is 1.75. The zero-order chi connectivity index (χ0) is 15.8. The highest BCUT2D eigenvalue weighted by atomic mass is 16.5. The third-order valence-corrected chi connectivity index (χ3v) is 4.44. The molecule has 2 rings (SSSR count). The Morgan fingerprint density at radius 2 is 1.27 bits per heavy atom. The molecule has 1 nitrogen and oxygen atoms in total. The first kappa shape index (κ1) is 16.6. The second-order valence-corrected chi connectivity index (χ2v) is 5.99. The van der Waals surface area contributed by atoms with Crippen LogP contribution in [0.4, 0.5) is 0 Å². The summed E-state index contributed by atoms with van der Waals surface area (Å²) >= 11 is 0. The lowest BCUT2D eigenvalue weighted by atomic mass is 9.95. The Morgan fingerprint density at radius 1 is 0.727 bits per heavy atom. The molecule has 22 heavy (non-hydrogen) atoms. The highest BCUT2D eigenvalue weighted by molar-refractivity contribution is 5.28. The molecular weight excluding hydrogens is 268 g/mol. The lowest BCUT2D eigenvalue weighted by Gasteiger charge is -2.13. The second kappa shape index (κ2) is 8.63. The van der Waals surface area contributed by atoms with Gasteiger partial charge < -0.3 is 4.74 Å². The second-order valence-electron chi connectivity index (χ2n) is 5.99. The lowest BCUT2D eigenvalue weighted by Crippen LogP contribution is -2.01. The van der Waals surface area contributed by atoms with Crippen LogP contribution < -0.4 is 4.74 Å². The quantitative estimate of drug-likeness (QED) is 0.597. The Kier molecular flexibility index (Phi) is 6.51. The van der Waals surface area contributed by atoms with Gasteiger partial charge in [-0.3, -0.25) is 0 Å². The minimum absolute atomic E-state index is 0.635. The Labute approximate surface area is 135 Å². The fourth-order valence-electron chi connectivity index (χ4n) is 2.67. The van der Waals surface area contributed by atoms with E-state index in [1.807, 2.05) is 0 Å². The van der Waals surface area contributed by atoms with Crippen molar-refractivity contribution in [2.45, 2.75) is 53.1 Å². The standard InChI is InChI=1S/C21H28O/c1-4-17(5-2)15-19-11-13-21(14-12-19)22-16-20-9-7-18(6-3)8-10-20/h7-14,17H,4-6,15-16H2,1-3H3. The monoisotopic (exact) mass is 296 g/mol. The Morgan fingerprint density at radius 3 is 1.82 bits per heavy atom. The van der Waals surface area contributed by atoms with Crippen LogP contribution in [0.15, 0.2) is 48.5 Å². The van der Waals surface area contributed by atoms with Gasteiger partial charge in [0.1, 0.15) is 12.4 Å². The van der Waals surface area contributed by atoms with E-state index in [1.54, 1.807) is 0 Å². The van der Waals surface area contributed by atoms with Crippen molar-refractivity contribution < 1.29 is 4.74 Å². The maximum atomic E-state index is 5.88. The van der Waals surface area contributed by atoms with Gasteiger partial charge in [-0.1, -0.05) is 70.0 Å². The van der Waals surface area contributed by atoms with Crippen LogP contribution in [0, 0.1) is 5.92 Å². The number of benzene rings is 2.